The van der Waals surface area contributed by atoms with E-state index in [0.717, 1.165) is 17.7 Å². The lowest BCUT2D eigenvalue weighted by Crippen LogP contribution is -2.35. The zero-order valence-electron chi connectivity index (χ0n) is 15.0. The molecule has 1 unspecified atom stereocenters. The molecule has 0 saturated heterocycles. The van der Waals surface area contributed by atoms with Crippen molar-refractivity contribution in [1.29, 1.82) is 0 Å². The molecule has 0 saturated carbocycles. The summed E-state index contributed by atoms with van der Waals surface area (Å²) in [5, 5.41) is 4.09. The van der Waals surface area contributed by atoms with Crippen LogP contribution in [0, 0.1) is 0 Å². The molecule has 1 atom stereocenters. The second-order valence-electron chi connectivity index (χ2n) is 6.79. The quantitative estimate of drug-likeness (QED) is 0.709. The Morgan fingerprint density at radius 1 is 1.19 bits per heavy atom. The molecule has 0 radical (unpaired) electrons. The Kier molecular flexibility index (Phi) is 4.06. The normalized spacial score (nSPS) is 18.0. The lowest BCUT2D eigenvalue weighted by Gasteiger charge is -2.36. The predicted octanol–water partition coefficient (Wildman–Crippen LogP) is 3.62. The molecule has 26 heavy (non-hydrogen) atoms. The Labute approximate surface area is 151 Å². The zero-order chi connectivity index (χ0) is 18.1. The first-order valence-corrected chi connectivity index (χ1v) is 8.62. The molecular formula is C19H20N4O3. The third kappa shape index (κ3) is 3.12. The van der Waals surface area contributed by atoms with Crippen molar-refractivity contribution in [3.63, 3.8) is 0 Å². The SMILES string of the molecule is CCOc1cnc(-c2noc(C3CC(C)(C)Oc4ccccc43)n2)cn1. The van der Waals surface area contributed by atoms with Crippen LogP contribution in [0.15, 0.2) is 41.2 Å². The lowest BCUT2D eigenvalue weighted by molar-refractivity contribution is 0.0725. The van der Waals surface area contributed by atoms with Crippen LogP contribution in [0.5, 0.6) is 11.6 Å². The second kappa shape index (κ2) is 6.40. The van der Waals surface area contributed by atoms with E-state index >= 15 is 0 Å². The van der Waals surface area contributed by atoms with Gasteiger partial charge in [-0.05, 0) is 26.8 Å². The molecule has 0 N–H and O–H groups in total. The van der Waals surface area contributed by atoms with Gasteiger partial charge in [-0.2, -0.15) is 4.98 Å². The van der Waals surface area contributed by atoms with Crippen LogP contribution in [0.1, 0.15) is 44.6 Å². The van der Waals surface area contributed by atoms with Gasteiger partial charge in [0.05, 0.1) is 24.9 Å². The summed E-state index contributed by atoms with van der Waals surface area (Å²) < 4.78 is 17.0. The third-order valence-corrected chi connectivity index (χ3v) is 4.27. The largest absolute Gasteiger partial charge is 0.488 e. The molecule has 1 aliphatic heterocycles. The number of aromatic nitrogens is 4. The highest BCUT2D eigenvalue weighted by molar-refractivity contribution is 5.48. The first-order chi connectivity index (χ1) is 12.6. The highest BCUT2D eigenvalue weighted by atomic mass is 16.5. The average Bonchev–Trinajstić information content (AvgIpc) is 3.11. The van der Waals surface area contributed by atoms with Gasteiger partial charge in [0.2, 0.25) is 17.6 Å². The molecule has 1 aliphatic rings. The molecule has 2 aromatic heterocycles. The highest BCUT2D eigenvalue weighted by Gasteiger charge is 2.37. The van der Waals surface area contributed by atoms with E-state index in [9.17, 15) is 0 Å². The zero-order valence-corrected chi connectivity index (χ0v) is 15.0. The van der Waals surface area contributed by atoms with E-state index in [1.54, 1.807) is 12.4 Å². The summed E-state index contributed by atoms with van der Waals surface area (Å²) in [5.41, 5.74) is 1.29. The summed E-state index contributed by atoms with van der Waals surface area (Å²) in [7, 11) is 0. The number of rotatable bonds is 4. The molecule has 3 aromatic rings. The summed E-state index contributed by atoms with van der Waals surface area (Å²) in [4.78, 5) is 13.1. The van der Waals surface area contributed by atoms with E-state index in [0.29, 0.717) is 29.9 Å². The Balaban J connectivity index is 1.65. The van der Waals surface area contributed by atoms with Gasteiger partial charge >= 0.3 is 0 Å². The topological polar surface area (TPSA) is 83.2 Å². The molecule has 1 aromatic carbocycles. The fourth-order valence-electron chi connectivity index (χ4n) is 3.16. The molecule has 7 heteroatoms. The van der Waals surface area contributed by atoms with Gasteiger partial charge in [-0.15, -0.1) is 0 Å². The number of hydrogen-bond acceptors (Lipinski definition) is 7. The van der Waals surface area contributed by atoms with E-state index in [-0.39, 0.29) is 11.5 Å². The maximum Gasteiger partial charge on any atom is 0.234 e. The van der Waals surface area contributed by atoms with Crippen LogP contribution in [0.25, 0.3) is 11.5 Å². The van der Waals surface area contributed by atoms with Crippen molar-refractivity contribution in [2.24, 2.45) is 0 Å². The number of hydrogen-bond donors (Lipinski definition) is 0. The van der Waals surface area contributed by atoms with Gasteiger partial charge in [0.1, 0.15) is 17.0 Å². The average molecular weight is 352 g/mol. The Bertz CT molecular complexity index is 905. The van der Waals surface area contributed by atoms with Crippen molar-refractivity contribution >= 4 is 0 Å². The van der Waals surface area contributed by atoms with Crippen molar-refractivity contribution in [2.75, 3.05) is 6.61 Å². The van der Waals surface area contributed by atoms with Crippen LogP contribution < -0.4 is 9.47 Å². The number of nitrogens with zero attached hydrogens (tertiary/aromatic N) is 4. The number of ether oxygens (including phenoxy) is 2. The van der Waals surface area contributed by atoms with E-state index in [4.69, 9.17) is 14.0 Å². The van der Waals surface area contributed by atoms with Gasteiger partial charge in [-0.25, -0.2) is 9.97 Å². The fraction of sp³-hybridized carbons (Fsp3) is 0.368. The van der Waals surface area contributed by atoms with E-state index in [1.807, 2.05) is 31.2 Å². The molecule has 134 valence electrons. The van der Waals surface area contributed by atoms with Crippen LogP contribution in [-0.4, -0.2) is 32.3 Å². The minimum atomic E-state index is -0.313. The maximum absolute atomic E-state index is 6.07. The summed E-state index contributed by atoms with van der Waals surface area (Å²) in [6.45, 7) is 6.56. The molecular weight excluding hydrogens is 332 g/mol. The summed E-state index contributed by atoms with van der Waals surface area (Å²) >= 11 is 0. The molecule has 0 amide bonds. The van der Waals surface area contributed by atoms with E-state index in [2.05, 4.69) is 34.0 Å². The van der Waals surface area contributed by atoms with Crippen LogP contribution in [0.4, 0.5) is 0 Å². The standard InChI is InChI=1S/C19H20N4O3/c1-4-24-16-11-20-14(10-21-16)17-22-18(26-23-17)13-9-19(2,3)25-15-8-6-5-7-12(13)15/h5-8,10-11,13H,4,9H2,1-3H3. The first-order valence-electron chi connectivity index (χ1n) is 8.62. The minimum Gasteiger partial charge on any atom is -0.488 e. The minimum absolute atomic E-state index is 0.0214. The molecule has 3 heterocycles. The summed E-state index contributed by atoms with van der Waals surface area (Å²) in [6.07, 6.45) is 3.89. The predicted molar refractivity (Wildman–Crippen MR) is 94.1 cm³/mol. The smallest absolute Gasteiger partial charge is 0.234 e. The number of para-hydroxylation sites is 1. The summed E-state index contributed by atoms with van der Waals surface area (Å²) in [5.74, 6) is 2.28. The van der Waals surface area contributed by atoms with Crippen LogP contribution in [0.2, 0.25) is 0 Å². The monoisotopic (exact) mass is 352 g/mol. The fourth-order valence-corrected chi connectivity index (χ4v) is 3.16. The Morgan fingerprint density at radius 3 is 2.81 bits per heavy atom. The van der Waals surface area contributed by atoms with Gasteiger partial charge in [0.15, 0.2) is 0 Å². The maximum atomic E-state index is 6.07. The molecule has 0 fully saturated rings. The van der Waals surface area contributed by atoms with Gasteiger partial charge < -0.3 is 14.0 Å². The molecule has 0 spiro atoms. The Morgan fingerprint density at radius 2 is 2.04 bits per heavy atom. The molecule has 0 aliphatic carbocycles. The van der Waals surface area contributed by atoms with Crippen molar-refractivity contribution in [1.82, 2.24) is 20.1 Å². The summed E-state index contributed by atoms with van der Waals surface area (Å²) in [6, 6.07) is 7.96. The van der Waals surface area contributed by atoms with E-state index in [1.165, 1.54) is 0 Å². The number of fused-ring (bicyclic) bond motifs is 1. The molecule has 0 bridgehead atoms. The van der Waals surface area contributed by atoms with Crippen molar-refractivity contribution in [3.05, 3.63) is 48.1 Å². The van der Waals surface area contributed by atoms with Crippen molar-refractivity contribution in [3.8, 4) is 23.1 Å². The molecule has 4 rings (SSSR count). The van der Waals surface area contributed by atoms with Crippen molar-refractivity contribution in [2.45, 2.75) is 38.7 Å². The third-order valence-electron chi connectivity index (χ3n) is 4.27. The highest BCUT2D eigenvalue weighted by Crippen LogP contribution is 2.43. The first kappa shape index (κ1) is 16.5. The van der Waals surface area contributed by atoms with Gasteiger partial charge in [0, 0.05) is 12.0 Å². The van der Waals surface area contributed by atoms with Gasteiger partial charge in [-0.1, -0.05) is 23.4 Å². The van der Waals surface area contributed by atoms with Gasteiger partial charge in [-0.3, -0.25) is 0 Å². The van der Waals surface area contributed by atoms with E-state index < -0.39 is 0 Å². The van der Waals surface area contributed by atoms with Crippen LogP contribution >= 0.6 is 0 Å². The lowest BCUT2D eigenvalue weighted by atomic mass is 9.84. The second-order valence-corrected chi connectivity index (χ2v) is 6.79. The van der Waals surface area contributed by atoms with Crippen LogP contribution in [0.3, 0.4) is 0 Å². The van der Waals surface area contributed by atoms with Crippen molar-refractivity contribution < 1.29 is 14.0 Å². The van der Waals surface area contributed by atoms with Gasteiger partial charge in [0.25, 0.3) is 0 Å². The van der Waals surface area contributed by atoms with Crippen LogP contribution in [-0.2, 0) is 0 Å². The molecule has 7 nitrogen and oxygen atoms in total. The Hall–Kier alpha value is -2.96. The number of benzene rings is 1.